The molecule has 0 radical (unpaired) electrons. The molecule has 1 fully saturated rings. The minimum absolute atomic E-state index is 0.0449. The third-order valence-electron chi connectivity index (χ3n) is 4.82. The van der Waals surface area contributed by atoms with Gasteiger partial charge >= 0.3 is 6.18 Å². The van der Waals surface area contributed by atoms with Gasteiger partial charge in [0.15, 0.2) is 0 Å². The van der Waals surface area contributed by atoms with Gasteiger partial charge in [-0.05, 0) is 36.4 Å². The van der Waals surface area contributed by atoms with Crippen LogP contribution in [0, 0.1) is 11.7 Å². The second-order valence-corrected chi connectivity index (χ2v) is 6.98. The first kappa shape index (κ1) is 22.3. The third-order valence-corrected chi connectivity index (χ3v) is 4.82. The quantitative estimate of drug-likeness (QED) is 0.539. The molecule has 2 N–H and O–H groups in total. The summed E-state index contributed by atoms with van der Waals surface area (Å²) in [6.45, 7) is 0.155. The van der Waals surface area contributed by atoms with Crippen LogP contribution in [-0.2, 0) is 15.8 Å². The number of carbonyl (C=O) groups excluding carboxylic acids is 3. The van der Waals surface area contributed by atoms with E-state index in [4.69, 9.17) is 0 Å². The van der Waals surface area contributed by atoms with E-state index in [2.05, 4.69) is 10.6 Å². The molecule has 0 aromatic heterocycles. The van der Waals surface area contributed by atoms with Crippen LogP contribution in [0.2, 0.25) is 0 Å². The van der Waals surface area contributed by atoms with Crippen molar-refractivity contribution in [3.8, 4) is 0 Å². The average Bonchev–Trinajstić information content (AvgIpc) is 3.12. The van der Waals surface area contributed by atoms with E-state index < -0.39 is 35.3 Å². The largest absolute Gasteiger partial charge is 0.416 e. The molecule has 3 rings (SSSR count). The molecule has 31 heavy (non-hydrogen) atoms. The lowest BCUT2D eigenvalue weighted by Gasteiger charge is -2.17. The van der Waals surface area contributed by atoms with E-state index >= 15 is 0 Å². The van der Waals surface area contributed by atoms with Gasteiger partial charge in [-0.3, -0.25) is 14.4 Å². The Kier molecular flexibility index (Phi) is 6.57. The summed E-state index contributed by atoms with van der Waals surface area (Å²) in [6.07, 6.45) is -4.54. The van der Waals surface area contributed by atoms with Gasteiger partial charge in [0.05, 0.1) is 17.2 Å². The molecule has 1 aliphatic rings. The van der Waals surface area contributed by atoms with Gasteiger partial charge in [-0.25, -0.2) is 4.39 Å². The summed E-state index contributed by atoms with van der Waals surface area (Å²) in [5.41, 5.74) is -0.681. The Bertz CT molecular complexity index is 977. The van der Waals surface area contributed by atoms with Crippen molar-refractivity contribution in [1.29, 1.82) is 0 Å². The maximum Gasteiger partial charge on any atom is 0.416 e. The first-order chi connectivity index (χ1) is 14.7. The van der Waals surface area contributed by atoms with Crippen molar-refractivity contribution < 1.29 is 31.9 Å². The number of benzene rings is 2. The van der Waals surface area contributed by atoms with E-state index in [0.717, 1.165) is 24.3 Å². The lowest BCUT2D eigenvalue weighted by atomic mass is 10.1. The van der Waals surface area contributed by atoms with Crippen LogP contribution in [0.15, 0.2) is 48.5 Å². The summed E-state index contributed by atoms with van der Waals surface area (Å²) >= 11 is 0. The maximum atomic E-state index is 13.9. The zero-order valence-electron chi connectivity index (χ0n) is 16.2. The molecule has 164 valence electrons. The van der Waals surface area contributed by atoms with Gasteiger partial charge in [-0.1, -0.05) is 12.1 Å². The third kappa shape index (κ3) is 5.39. The van der Waals surface area contributed by atoms with Crippen molar-refractivity contribution in [3.63, 3.8) is 0 Å². The number of para-hydroxylation sites is 1. The minimum atomic E-state index is -4.48. The highest BCUT2D eigenvalue weighted by Gasteiger charge is 2.36. The van der Waals surface area contributed by atoms with E-state index in [1.165, 1.54) is 23.1 Å². The highest BCUT2D eigenvalue weighted by atomic mass is 19.4. The number of anilines is 1. The summed E-state index contributed by atoms with van der Waals surface area (Å²) in [6, 6.07) is 9.56. The highest BCUT2D eigenvalue weighted by molar-refractivity contribution is 6.00. The molecule has 0 bridgehead atoms. The fourth-order valence-electron chi connectivity index (χ4n) is 3.21. The number of hydrogen-bond donors (Lipinski definition) is 2. The standard InChI is InChI=1S/C21H19F4N3O3/c22-16-3-1-2-4-17(16)28-12-14(11-18(28)29)20(31)27-10-9-26-19(30)13-5-7-15(8-6-13)21(23,24)25/h1-8,14H,9-12H2,(H,26,30)(H,27,31). The topological polar surface area (TPSA) is 78.5 Å². The zero-order chi connectivity index (χ0) is 22.6. The Balaban J connectivity index is 1.45. The van der Waals surface area contributed by atoms with Gasteiger partial charge in [-0.15, -0.1) is 0 Å². The van der Waals surface area contributed by atoms with Gasteiger partial charge in [0, 0.05) is 31.6 Å². The maximum absolute atomic E-state index is 13.9. The van der Waals surface area contributed by atoms with Crippen molar-refractivity contribution in [1.82, 2.24) is 10.6 Å². The molecule has 0 saturated carbocycles. The first-order valence-corrected chi connectivity index (χ1v) is 9.45. The van der Waals surface area contributed by atoms with Crippen molar-refractivity contribution in [2.75, 3.05) is 24.5 Å². The van der Waals surface area contributed by atoms with Crippen LogP contribution in [-0.4, -0.2) is 37.4 Å². The predicted molar refractivity (Wildman–Crippen MR) is 104 cm³/mol. The van der Waals surface area contributed by atoms with E-state index in [0.29, 0.717) is 0 Å². The molecule has 0 aliphatic carbocycles. The Morgan fingerprint density at radius 3 is 2.29 bits per heavy atom. The second kappa shape index (κ2) is 9.15. The van der Waals surface area contributed by atoms with Crippen molar-refractivity contribution >= 4 is 23.4 Å². The first-order valence-electron chi connectivity index (χ1n) is 9.45. The smallest absolute Gasteiger partial charge is 0.354 e. The molecule has 1 aliphatic heterocycles. The van der Waals surface area contributed by atoms with E-state index in [1.807, 2.05) is 0 Å². The molecule has 6 nitrogen and oxygen atoms in total. The van der Waals surface area contributed by atoms with Crippen LogP contribution in [0.1, 0.15) is 22.3 Å². The van der Waals surface area contributed by atoms with E-state index in [-0.39, 0.29) is 43.2 Å². The summed E-state index contributed by atoms with van der Waals surface area (Å²) in [5.74, 6) is -2.55. The SMILES string of the molecule is O=C(NCCNC(=O)C1CC(=O)N(c2ccccc2F)C1)c1ccc(C(F)(F)F)cc1. The lowest BCUT2D eigenvalue weighted by molar-refractivity contribution is -0.137. The van der Waals surface area contributed by atoms with Crippen molar-refractivity contribution in [2.45, 2.75) is 12.6 Å². The average molecular weight is 437 g/mol. The number of rotatable bonds is 6. The molecular weight excluding hydrogens is 418 g/mol. The normalized spacial score (nSPS) is 16.3. The summed E-state index contributed by atoms with van der Waals surface area (Å²) in [7, 11) is 0. The Morgan fingerprint density at radius 1 is 1.00 bits per heavy atom. The fourth-order valence-corrected chi connectivity index (χ4v) is 3.21. The summed E-state index contributed by atoms with van der Waals surface area (Å²) in [5, 5.41) is 5.08. The van der Waals surface area contributed by atoms with Crippen LogP contribution in [0.3, 0.4) is 0 Å². The summed E-state index contributed by atoms with van der Waals surface area (Å²) < 4.78 is 51.6. The number of carbonyl (C=O) groups is 3. The van der Waals surface area contributed by atoms with Crippen molar-refractivity contribution in [2.24, 2.45) is 5.92 Å². The van der Waals surface area contributed by atoms with Gasteiger partial charge < -0.3 is 15.5 Å². The second-order valence-electron chi connectivity index (χ2n) is 6.98. The molecular formula is C21H19F4N3O3. The van der Waals surface area contributed by atoms with Gasteiger partial charge in [0.2, 0.25) is 11.8 Å². The number of amides is 3. The number of nitrogens with one attached hydrogen (secondary N) is 2. The fraction of sp³-hybridized carbons (Fsp3) is 0.286. The van der Waals surface area contributed by atoms with Crippen LogP contribution < -0.4 is 15.5 Å². The molecule has 0 spiro atoms. The number of alkyl halides is 3. The molecule has 2 aromatic rings. The van der Waals surface area contributed by atoms with Gasteiger partial charge in [-0.2, -0.15) is 13.2 Å². The molecule has 1 atom stereocenters. The molecule has 1 saturated heterocycles. The van der Waals surface area contributed by atoms with Crippen LogP contribution in [0.25, 0.3) is 0 Å². The lowest BCUT2D eigenvalue weighted by Crippen LogP contribution is -2.38. The van der Waals surface area contributed by atoms with E-state index in [9.17, 15) is 31.9 Å². The Hall–Kier alpha value is -3.43. The number of halogens is 4. The summed E-state index contributed by atoms with van der Waals surface area (Å²) in [4.78, 5) is 37.7. The predicted octanol–water partition coefficient (Wildman–Crippen LogP) is 2.74. The Labute approximate surface area is 175 Å². The monoisotopic (exact) mass is 437 g/mol. The molecule has 3 amide bonds. The highest BCUT2D eigenvalue weighted by Crippen LogP contribution is 2.29. The van der Waals surface area contributed by atoms with Crippen LogP contribution in [0.4, 0.5) is 23.2 Å². The van der Waals surface area contributed by atoms with Crippen molar-refractivity contribution in [3.05, 3.63) is 65.5 Å². The zero-order valence-corrected chi connectivity index (χ0v) is 16.2. The van der Waals surface area contributed by atoms with Crippen LogP contribution in [0.5, 0.6) is 0 Å². The molecule has 1 heterocycles. The van der Waals surface area contributed by atoms with Gasteiger partial charge in [0.1, 0.15) is 5.82 Å². The number of hydrogen-bond acceptors (Lipinski definition) is 3. The Morgan fingerprint density at radius 2 is 1.65 bits per heavy atom. The minimum Gasteiger partial charge on any atom is -0.354 e. The van der Waals surface area contributed by atoms with Crippen LogP contribution >= 0.6 is 0 Å². The van der Waals surface area contributed by atoms with E-state index in [1.54, 1.807) is 6.07 Å². The number of nitrogens with zero attached hydrogens (tertiary/aromatic N) is 1. The molecule has 10 heteroatoms. The molecule has 2 aromatic carbocycles. The molecule has 1 unspecified atom stereocenters. The van der Waals surface area contributed by atoms with Gasteiger partial charge in [0.25, 0.3) is 5.91 Å².